The first-order valence-electron chi connectivity index (χ1n) is 8.65. The van der Waals surface area contributed by atoms with E-state index < -0.39 is 0 Å². The SMILES string of the molecule is O=C(Cn1nnc(-c2cccc(F)c2)n1)N1CCOC2CCCCC21. The van der Waals surface area contributed by atoms with Gasteiger partial charge in [-0.05, 0) is 30.2 Å². The number of ether oxygens (including phenoxy) is 1. The fraction of sp³-hybridized carbons (Fsp3) is 0.529. The number of fused-ring (bicyclic) bond motifs is 1. The van der Waals surface area contributed by atoms with Crippen molar-refractivity contribution in [3.8, 4) is 11.4 Å². The third-order valence-electron chi connectivity index (χ3n) is 4.86. The molecule has 2 fully saturated rings. The van der Waals surface area contributed by atoms with Crippen molar-refractivity contribution in [2.24, 2.45) is 0 Å². The molecule has 2 aliphatic rings. The second-order valence-electron chi connectivity index (χ2n) is 6.50. The molecule has 2 aromatic rings. The minimum atomic E-state index is -0.360. The summed E-state index contributed by atoms with van der Waals surface area (Å²) in [5, 5.41) is 12.1. The Balaban J connectivity index is 1.46. The zero-order valence-corrected chi connectivity index (χ0v) is 13.8. The van der Waals surface area contributed by atoms with Crippen LogP contribution in [-0.4, -0.2) is 56.3 Å². The van der Waals surface area contributed by atoms with Crippen LogP contribution in [0.5, 0.6) is 0 Å². The molecule has 1 aliphatic carbocycles. The van der Waals surface area contributed by atoms with Crippen LogP contribution in [0.15, 0.2) is 24.3 Å². The molecule has 1 aliphatic heterocycles. The normalized spacial score (nSPS) is 23.3. The number of benzene rings is 1. The molecule has 2 atom stereocenters. The van der Waals surface area contributed by atoms with Gasteiger partial charge in [-0.3, -0.25) is 4.79 Å². The Hall–Kier alpha value is -2.35. The molecule has 2 unspecified atom stereocenters. The Morgan fingerprint density at radius 1 is 1.32 bits per heavy atom. The fourth-order valence-electron chi connectivity index (χ4n) is 3.67. The highest BCUT2D eigenvalue weighted by atomic mass is 19.1. The Morgan fingerprint density at radius 3 is 3.08 bits per heavy atom. The predicted octanol–water partition coefficient (Wildman–Crippen LogP) is 1.65. The number of amides is 1. The van der Waals surface area contributed by atoms with Crippen molar-refractivity contribution in [2.75, 3.05) is 13.2 Å². The van der Waals surface area contributed by atoms with E-state index in [1.54, 1.807) is 12.1 Å². The van der Waals surface area contributed by atoms with E-state index in [2.05, 4.69) is 15.4 Å². The van der Waals surface area contributed by atoms with Crippen molar-refractivity contribution in [3.63, 3.8) is 0 Å². The van der Waals surface area contributed by atoms with Crippen LogP contribution in [0.3, 0.4) is 0 Å². The number of rotatable bonds is 3. The second-order valence-corrected chi connectivity index (χ2v) is 6.50. The lowest BCUT2D eigenvalue weighted by Crippen LogP contribution is -2.55. The number of nitrogens with zero attached hydrogens (tertiary/aromatic N) is 5. The topological polar surface area (TPSA) is 73.1 Å². The number of hydrogen-bond donors (Lipinski definition) is 0. The molecule has 132 valence electrons. The molecular weight excluding hydrogens is 325 g/mol. The molecule has 1 saturated carbocycles. The molecule has 1 amide bonds. The van der Waals surface area contributed by atoms with Crippen LogP contribution in [0, 0.1) is 5.82 Å². The first-order chi connectivity index (χ1) is 12.2. The lowest BCUT2D eigenvalue weighted by atomic mass is 9.90. The average molecular weight is 345 g/mol. The summed E-state index contributed by atoms with van der Waals surface area (Å²) in [5.74, 6) is -0.0743. The molecule has 0 bridgehead atoms. The molecule has 25 heavy (non-hydrogen) atoms. The smallest absolute Gasteiger partial charge is 0.246 e. The highest BCUT2D eigenvalue weighted by Gasteiger charge is 2.36. The van der Waals surface area contributed by atoms with E-state index in [9.17, 15) is 9.18 Å². The number of carbonyl (C=O) groups is 1. The van der Waals surface area contributed by atoms with Crippen LogP contribution in [-0.2, 0) is 16.1 Å². The number of tetrazole rings is 1. The van der Waals surface area contributed by atoms with Gasteiger partial charge < -0.3 is 9.64 Å². The van der Waals surface area contributed by atoms with Crippen LogP contribution in [0.1, 0.15) is 25.7 Å². The van der Waals surface area contributed by atoms with Gasteiger partial charge in [0.15, 0.2) is 0 Å². The zero-order chi connectivity index (χ0) is 17.2. The van der Waals surface area contributed by atoms with Gasteiger partial charge >= 0.3 is 0 Å². The summed E-state index contributed by atoms with van der Waals surface area (Å²) in [6.45, 7) is 1.21. The lowest BCUT2D eigenvalue weighted by Gasteiger charge is -2.43. The maximum absolute atomic E-state index is 13.3. The zero-order valence-electron chi connectivity index (χ0n) is 13.8. The summed E-state index contributed by atoms with van der Waals surface area (Å²) in [6.07, 6.45) is 4.43. The second kappa shape index (κ2) is 6.87. The van der Waals surface area contributed by atoms with Crippen molar-refractivity contribution in [1.82, 2.24) is 25.1 Å². The number of halogens is 1. The van der Waals surface area contributed by atoms with Crippen LogP contribution in [0.25, 0.3) is 11.4 Å². The first-order valence-corrected chi connectivity index (χ1v) is 8.65. The van der Waals surface area contributed by atoms with Crippen molar-refractivity contribution in [1.29, 1.82) is 0 Å². The third-order valence-corrected chi connectivity index (χ3v) is 4.86. The summed E-state index contributed by atoms with van der Waals surface area (Å²) >= 11 is 0. The van der Waals surface area contributed by atoms with Gasteiger partial charge in [-0.15, -0.1) is 10.2 Å². The van der Waals surface area contributed by atoms with Gasteiger partial charge in [-0.1, -0.05) is 25.0 Å². The molecule has 7 nitrogen and oxygen atoms in total. The molecule has 4 rings (SSSR count). The van der Waals surface area contributed by atoms with Gasteiger partial charge in [0, 0.05) is 12.1 Å². The number of morpholine rings is 1. The summed E-state index contributed by atoms with van der Waals surface area (Å²) in [6, 6.07) is 6.16. The Labute approximate surface area is 144 Å². The van der Waals surface area contributed by atoms with Crippen LogP contribution >= 0.6 is 0 Å². The van der Waals surface area contributed by atoms with Crippen molar-refractivity contribution in [2.45, 2.75) is 44.4 Å². The van der Waals surface area contributed by atoms with E-state index >= 15 is 0 Å². The van der Waals surface area contributed by atoms with E-state index in [1.807, 2.05) is 4.90 Å². The number of carbonyl (C=O) groups excluding carboxylic acids is 1. The maximum atomic E-state index is 13.3. The van der Waals surface area contributed by atoms with Crippen molar-refractivity contribution in [3.05, 3.63) is 30.1 Å². The minimum Gasteiger partial charge on any atom is -0.374 e. The third kappa shape index (κ3) is 3.39. The first kappa shape index (κ1) is 16.1. The Bertz CT molecular complexity index is 763. The molecular formula is C17H20FN5O2. The van der Waals surface area contributed by atoms with Crippen LogP contribution < -0.4 is 0 Å². The van der Waals surface area contributed by atoms with Gasteiger partial charge in [-0.2, -0.15) is 4.80 Å². The lowest BCUT2D eigenvalue weighted by molar-refractivity contribution is -0.150. The monoisotopic (exact) mass is 345 g/mol. The standard InChI is InChI=1S/C17H20FN5O2/c18-13-5-3-4-12(10-13)17-19-21-23(20-17)11-16(24)22-8-9-25-15-7-2-1-6-14(15)22/h3-5,10,14-15H,1-2,6-9,11H2. The van der Waals surface area contributed by atoms with Crippen LogP contribution in [0.2, 0.25) is 0 Å². The Kier molecular flexibility index (Phi) is 4.44. The highest BCUT2D eigenvalue weighted by Crippen LogP contribution is 2.28. The van der Waals surface area contributed by atoms with Gasteiger partial charge in [0.2, 0.25) is 11.7 Å². The quantitative estimate of drug-likeness (QED) is 0.846. The summed E-state index contributed by atoms with van der Waals surface area (Å²) in [7, 11) is 0. The van der Waals surface area contributed by atoms with Gasteiger partial charge in [-0.25, -0.2) is 4.39 Å². The fourth-order valence-corrected chi connectivity index (χ4v) is 3.67. The minimum absolute atomic E-state index is 0.0246. The molecule has 1 aromatic heterocycles. The molecule has 0 spiro atoms. The van der Waals surface area contributed by atoms with Crippen molar-refractivity contribution < 1.29 is 13.9 Å². The van der Waals surface area contributed by atoms with E-state index in [4.69, 9.17) is 4.74 Å². The van der Waals surface area contributed by atoms with E-state index in [0.717, 1.165) is 25.7 Å². The van der Waals surface area contributed by atoms with E-state index in [0.29, 0.717) is 24.5 Å². The largest absolute Gasteiger partial charge is 0.374 e. The summed E-state index contributed by atoms with van der Waals surface area (Å²) in [5.41, 5.74) is 0.539. The average Bonchev–Trinajstić information content (AvgIpc) is 3.10. The van der Waals surface area contributed by atoms with Crippen molar-refractivity contribution >= 4 is 5.91 Å². The number of hydrogen-bond acceptors (Lipinski definition) is 5. The van der Waals surface area contributed by atoms with Gasteiger partial charge in [0.25, 0.3) is 0 Å². The van der Waals surface area contributed by atoms with Gasteiger partial charge in [0.1, 0.15) is 12.4 Å². The van der Waals surface area contributed by atoms with E-state index in [-0.39, 0.29) is 30.4 Å². The highest BCUT2D eigenvalue weighted by molar-refractivity contribution is 5.76. The molecule has 8 heteroatoms. The van der Waals surface area contributed by atoms with Crippen LogP contribution in [0.4, 0.5) is 4.39 Å². The predicted molar refractivity (Wildman–Crippen MR) is 86.9 cm³/mol. The molecule has 1 aromatic carbocycles. The maximum Gasteiger partial charge on any atom is 0.246 e. The molecule has 1 saturated heterocycles. The van der Waals surface area contributed by atoms with E-state index in [1.165, 1.54) is 16.9 Å². The Morgan fingerprint density at radius 2 is 2.20 bits per heavy atom. The molecule has 0 N–H and O–H groups in total. The summed E-state index contributed by atoms with van der Waals surface area (Å²) < 4.78 is 19.1. The summed E-state index contributed by atoms with van der Waals surface area (Å²) in [4.78, 5) is 15.9. The van der Waals surface area contributed by atoms with Gasteiger partial charge in [0.05, 0.1) is 18.8 Å². The number of aromatic nitrogens is 4. The molecule has 2 heterocycles. The molecule has 0 radical (unpaired) electrons.